The van der Waals surface area contributed by atoms with Crippen LogP contribution in [0.25, 0.3) is 10.9 Å². The lowest BCUT2D eigenvalue weighted by molar-refractivity contribution is -0.364. The van der Waals surface area contributed by atoms with Crippen LogP contribution in [0.5, 0.6) is 28.7 Å². The third-order valence-electron chi connectivity index (χ3n) is 22.5. The molecule has 10 amide bonds. The number of hydrogen-bond acceptors (Lipinski definition) is 28. The van der Waals surface area contributed by atoms with E-state index in [2.05, 4.69) is 47.2 Å². The number of likely N-dealkylation sites (N-methyl/N-ethyl adjacent to an activating group) is 1. The van der Waals surface area contributed by atoms with Crippen LogP contribution >= 0.6 is 11.8 Å². The van der Waals surface area contributed by atoms with Crippen molar-refractivity contribution in [2.45, 2.75) is 208 Å². The molecule has 39 nitrogen and oxygen atoms in total. The Hall–Kier alpha value is -10.5. The lowest BCUT2D eigenvalue weighted by Crippen LogP contribution is -2.63. The summed E-state index contributed by atoms with van der Waals surface area (Å²) in [4.78, 5) is 176. The van der Waals surface area contributed by atoms with E-state index in [9.17, 15) is 67.7 Å². The number of nitrogens with two attached hydrogens (primary N) is 5. The zero-order valence-electron chi connectivity index (χ0n) is 68.2. The van der Waals surface area contributed by atoms with E-state index in [0.29, 0.717) is 53.9 Å². The number of likely N-dealkylation sites (tertiary alicyclic amines) is 1. The normalized spacial score (nSPS) is 23.8. The molecule has 656 valence electrons. The van der Waals surface area contributed by atoms with Gasteiger partial charge < -0.3 is 128 Å². The average molecular weight is 1700 g/mol. The van der Waals surface area contributed by atoms with Crippen LogP contribution in [0.4, 0.5) is 0 Å². The highest BCUT2D eigenvalue weighted by atomic mass is 32.2. The van der Waals surface area contributed by atoms with E-state index >= 15 is 0 Å². The first-order chi connectivity index (χ1) is 57.4. The van der Waals surface area contributed by atoms with Gasteiger partial charge in [-0.2, -0.15) is 0 Å². The highest BCUT2D eigenvalue weighted by molar-refractivity contribution is 8.00. The minimum absolute atomic E-state index is 0.0161. The summed E-state index contributed by atoms with van der Waals surface area (Å²) in [7, 11) is 4.07. The number of ether oxygens (including phenoxy) is 10. The van der Waals surface area contributed by atoms with Gasteiger partial charge in [0.1, 0.15) is 60.7 Å². The molecule has 4 aromatic rings. The van der Waals surface area contributed by atoms with E-state index < -0.39 is 217 Å². The third kappa shape index (κ3) is 22.2. The second kappa shape index (κ2) is 42.2. The van der Waals surface area contributed by atoms with Gasteiger partial charge in [-0.25, -0.2) is 0 Å². The van der Waals surface area contributed by atoms with E-state index in [-0.39, 0.29) is 94.2 Å². The van der Waals surface area contributed by atoms with Crippen LogP contribution in [0.15, 0.2) is 59.7 Å². The highest BCUT2D eigenvalue weighted by Crippen LogP contribution is 2.57. The molecule has 5 aliphatic heterocycles. The number of aromatic nitrogens is 1. The number of aliphatic hydroxyl groups excluding tert-OH is 2. The summed E-state index contributed by atoms with van der Waals surface area (Å²) in [5, 5.41) is 41.3. The fraction of sp³-hybridized carbons (Fsp3) is 0.588. The Labute approximate surface area is 696 Å². The standard InChI is InChI=1S/C80H111N15O24S/c1-9-37(3)63(75(106)91-48(18-13-14-23-81)73(104)93-64(38(4)10-2)76(107)92-51(71(102)86-6)26-41-32-88-47-17-12-11-16-42(41)47)94-74(105)50(20-21-58(83)96)90-72(103)49(19-15-24-87-80(84)85)89-70(101)46(82)35-120-57-31-59(97)95(77(57)108)25-22-60(98)118-68-54(110-7)27-40(28-55(68)111-8)61-43-29-52-53(115-36-114-52)30-44(43)67(45-33-113-78(109)62(45)61)119-79-66(100)65(99)69-56(117-79)34-112-39(5)116-69/h11-12,16-17,27-30,32,37-39,45-46,48-51,56-57,61-67,69,79,88,99-100H,9-10,13-15,18-26,31,33-36,81-82H2,1-8H3,(H2,83,96)(H,86,102)(H,89,101)(H,90,103)(H,91,106)(H,92,107)(H,93,104)(H,94,105)(H4,84,85,87)/t37?,38?,39?,45-,46-,48-,49-,50-,51-,56?,57?,61+,62-,63-,64-,65?,66?,67+,69?,79?/m0/s1. The number of fused-ring (bicyclic) bond motifs is 5. The SMILES string of the molecule is CCC(C)[C@H](NC(=O)[C@H](CCCCN)NC(=O)[C@@H](NC(=O)[C@H](CCC(N)=O)NC(=O)[C@H](CCCN=C(N)N)NC(=O)[C@@H](N)CSC1CC(=O)N(CCC(=O)Oc2c(OC)cc([C@@H]3c4cc5c(cc4[C@@H](OC4OC6COC(C)OC6C(O)C4O)[C@H]4COC(=O)[C@H]34)OCO5)cc2OC)C1=O)C(C)CC)C(=O)N[C@@H](Cc1c[nH]c2ccccc12)C(=O)NC. The number of para-hydroxylation sites is 1. The molecule has 6 aliphatic rings. The zero-order valence-corrected chi connectivity index (χ0v) is 69.1. The number of H-pyrrole nitrogens is 1. The Morgan fingerprint density at radius 3 is 1.95 bits per heavy atom. The van der Waals surface area contributed by atoms with Crippen molar-refractivity contribution in [1.29, 1.82) is 0 Å². The van der Waals surface area contributed by atoms with Crippen LogP contribution in [0.3, 0.4) is 0 Å². The van der Waals surface area contributed by atoms with Crippen LogP contribution in [-0.2, 0) is 87.6 Å². The van der Waals surface area contributed by atoms with E-state index in [1.165, 1.54) is 21.3 Å². The van der Waals surface area contributed by atoms with E-state index in [4.69, 9.17) is 76.0 Å². The lowest BCUT2D eigenvalue weighted by Gasteiger charge is -2.47. The van der Waals surface area contributed by atoms with Crippen molar-refractivity contribution < 1.29 is 115 Å². The first-order valence-corrected chi connectivity index (χ1v) is 41.3. The number of unbranched alkanes of at least 4 members (excludes halogenated alkanes) is 1. The molecular weight excluding hydrogens is 1590 g/mol. The second-order valence-electron chi connectivity index (χ2n) is 30.6. The zero-order chi connectivity index (χ0) is 86.9. The molecule has 20 N–H and O–H groups in total. The van der Waals surface area contributed by atoms with Gasteiger partial charge in [-0.05, 0) is 116 Å². The van der Waals surface area contributed by atoms with Crippen molar-refractivity contribution in [2.24, 2.45) is 57.3 Å². The number of nitrogens with one attached hydrogen (secondary N) is 8. The molecule has 9 unspecified atom stereocenters. The number of cyclic esters (lactones) is 1. The molecule has 0 spiro atoms. The van der Waals surface area contributed by atoms with Gasteiger partial charge in [0.15, 0.2) is 41.5 Å². The van der Waals surface area contributed by atoms with Gasteiger partial charge in [-0.15, -0.1) is 11.8 Å². The maximum absolute atomic E-state index is 14.7. The quantitative estimate of drug-likeness (QED) is 0.00634. The number of aliphatic hydroxyl groups is 2. The topological polar surface area (TPSA) is 583 Å². The maximum Gasteiger partial charge on any atom is 0.313 e. The minimum atomic E-state index is -1.59. The van der Waals surface area contributed by atoms with Crippen molar-refractivity contribution in [3.63, 3.8) is 0 Å². The highest BCUT2D eigenvalue weighted by Gasteiger charge is 2.57. The molecule has 4 saturated heterocycles. The number of aromatic amines is 1. The first-order valence-electron chi connectivity index (χ1n) is 40.3. The summed E-state index contributed by atoms with van der Waals surface area (Å²) in [6, 6.07) is 4.60. The fourth-order valence-corrected chi connectivity index (χ4v) is 16.6. The molecule has 40 heteroatoms. The predicted octanol–water partition coefficient (Wildman–Crippen LogP) is -0.964. The van der Waals surface area contributed by atoms with Crippen molar-refractivity contribution >= 4 is 99.6 Å². The van der Waals surface area contributed by atoms with Crippen LogP contribution in [0.1, 0.15) is 140 Å². The molecule has 1 aliphatic carbocycles. The molecule has 120 heavy (non-hydrogen) atoms. The Morgan fingerprint density at radius 1 is 0.717 bits per heavy atom. The molecule has 1 aromatic heterocycles. The number of guanidine groups is 1. The maximum atomic E-state index is 14.7. The summed E-state index contributed by atoms with van der Waals surface area (Å²) in [6.07, 6.45) is -6.16. The number of rotatable bonds is 42. The van der Waals surface area contributed by atoms with Gasteiger partial charge in [-0.1, -0.05) is 58.7 Å². The van der Waals surface area contributed by atoms with Gasteiger partial charge in [0, 0.05) is 74.1 Å². The third-order valence-corrected chi connectivity index (χ3v) is 23.9. The Morgan fingerprint density at radius 2 is 1.32 bits per heavy atom. The van der Waals surface area contributed by atoms with E-state index in [0.717, 1.165) is 33.1 Å². The van der Waals surface area contributed by atoms with Crippen molar-refractivity contribution in [3.8, 4) is 28.7 Å². The molecule has 4 fully saturated rings. The number of aliphatic imine (C=N–C) groups is 1. The monoisotopic (exact) mass is 1700 g/mol. The number of imide groups is 1. The van der Waals surface area contributed by atoms with Gasteiger partial charge in [0.2, 0.25) is 71.6 Å². The van der Waals surface area contributed by atoms with Crippen LogP contribution in [-0.4, -0.2) is 248 Å². The molecular formula is C80H111N15O24S. The molecule has 3 aromatic carbocycles. The number of carbonyl (C=O) groups is 12. The minimum Gasteiger partial charge on any atom is -0.493 e. The van der Waals surface area contributed by atoms with Crippen molar-refractivity contribution in [3.05, 3.63) is 77.0 Å². The molecule has 0 radical (unpaired) electrons. The smallest absolute Gasteiger partial charge is 0.313 e. The average Bonchev–Trinajstić information content (AvgIpc) is 1.48. The number of methoxy groups -OCH3 is 2. The molecule has 20 atom stereocenters. The first kappa shape index (κ1) is 91.8. The van der Waals surface area contributed by atoms with Crippen LogP contribution in [0.2, 0.25) is 0 Å². The molecule has 0 bridgehead atoms. The number of amides is 10. The van der Waals surface area contributed by atoms with Gasteiger partial charge in [0.05, 0.1) is 57.2 Å². The number of thioether (sulfide) groups is 1. The van der Waals surface area contributed by atoms with E-state index in [1.54, 1.807) is 58.2 Å². The number of benzene rings is 3. The second-order valence-corrected chi connectivity index (χ2v) is 31.8. The molecule has 0 saturated carbocycles. The Balaban J connectivity index is 0.763. The van der Waals surface area contributed by atoms with E-state index in [1.807, 2.05) is 31.2 Å². The number of nitrogens with zero attached hydrogens (tertiary/aromatic N) is 2. The number of esters is 2. The fourth-order valence-electron chi connectivity index (χ4n) is 15.5. The van der Waals surface area contributed by atoms with Gasteiger partial charge in [-0.3, -0.25) is 67.4 Å². The van der Waals surface area contributed by atoms with Gasteiger partial charge >= 0.3 is 11.9 Å². The molecule has 10 rings (SSSR count). The summed E-state index contributed by atoms with van der Waals surface area (Å²) in [6.45, 7) is 8.25. The summed E-state index contributed by atoms with van der Waals surface area (Å²) in [5.41, 5.74) is 32.1. The summed E-state index contributed by atoms with van der Waals surface area (Å²) >= 11 is 0.868. The van der Waals surface area contributed by atoms with Crippen LogP contribution in [0, 0.1) is 23.7 Å². The van der Waals surface area contributed by atoms with Crippen molar-refractivity contribution in [1.82, 2.24) is 47.1 Å². The Kier molecular flexibility index (Phi) is 32.3. The summed E-state index contributed by atoms with van der Waals surface area (Å²) < 4.78 is 59.0. The van der Waals surface area contributed by atoms with Crippen LogP contribution < -0.4 is 89.6 Å². The summed E-state index contributed by atoms with van der Waals surface area (Å²) in [5.74, 6) is -12.9. The number of hydrogen-bond donors (Lipinski definition) is 15. The predicted molar refractivity (Wildman–Crippen MR) is 430 cm³/mol. The number of carbonyl (C=O) groups excluding carboxylic acids is 12. The largest absolute Gasteiger partial charge is 0.493 e. The molecule has 6 heterocycles. The number of primary amides is 1. The lowest BCUT2D eigenvalue weighted by atomic mass is 9.66. The van der Waals surface area contributed by atoms with Crippen molar-refractivity contribution in [2.75, 3.05) is 66.7 Å². The Bertz CT molecular complexity index is 4390. The van der Waals surface area contributed by atoms with Gasteiger partial charge in [0.25, 0.3) is 0 Å².